The number of phenols is 2. The summed E-state index contributed by atoms with van der Waals surface area (Å²) < 4.78 is 5.36. The van der Waals surface area contributed by atoms with Gasteiger partial charge in [-0.3, -0.25) is 4.79 Å². The van der Waals surface area contributed by atoms with Gasteiger partial charge in [0.15, 0.2) is 6.61 Å². The number of aromatic hydroxyl groups is 2. The highest BCUT2D eigenvalue weighted by molar-refractivity contribution is 6.32. The summed E-state index contributed by atoms with van der Waals surface area (Å²) in [7, 11) is 0. The van der Waals surface area contributed by atoms with Gasteiger partial charge in [-0.25, -0.2) is 0 Å². The molecule has 2 N–H and O–H groups in total. The Kier molecular flexibility index (Phi) is 4.15. The number of ether oxygens (including phenoxy) is 1. The van der Waals surface area contributed by atoms with E-state index in [-0.39, 0.29) is 23.7 Å². The van der Waals surface area contributed by atoms with E-state index in [2.05, 4.69) is 0 Å². The second-order valence-corrected chi connectivity index (χ2v) is 4.75. The molecule has 0 bridgehead atoms. The number of halogens is 1. The lowest BCUT2D eigenvalue weighted by atomic mass is 10.1. The number of rotatable bonds is 4. The standard InChI is InChI=1S/C15H13ClO4/c1-9-2-5-12(16)15(6-9)20-8-14(19)11-4-3-10(17)7-13(11)18/h2-7,17-18H,8H2,1H3. The van der Waals surface area contributed by atoms with Crippen LogP contribution in [0.4, 0.5) is 0 Å². The molecule has 0 spiro atoms. The lowest BCUT2D eigenvalue weighted by molar-refractivity contribution is 0.0919. The van der Waals surface area contributed by atoms with Gasteiger partial charge in [0.05, 0.1) is 10.6 Å². The number of Topliss-reactive ketones (excluding diaryl/α,β-unsaturated/α-hetero) is 1. The quantitative estimate of drug-likeness (QED) is 0.848. The van der Waals surface area contributed by atoms with Gasteiger partial charge >= 0.3 is 0 Å². The molecule has 0 saturated heterocycles. The maximum Gasteiger partial charge on any atom is 0.203 e. The van der Waals surface area contributed by atoms with Crippen molar-refractivity contribution in [3.63, 3.8) is 0 Å². The fraction of sp³-hybridized carbons (Fsp3) is 0.133. The highest BCUT2D eigenvalue weighted by Gasteiger charge is 2.13. The fourth-order valence-corrected chi connectivity index (χ4v) is 1.87. The molecule has 0 saturated carbocycles. The first-order valence-corrected chi connectivity index (χ1v) is 6.29. The van der Waals surface area contributed by atoms with Crippen molar-refractivity contribution in [1.82, 2.24) is 0 Å². The molecule has 0 aromatic heterocycles. The van der Waals surface area contributed by atoms with Crippen LogP contribution in [-0.2, 0) is 0 Å². The maximum atomic E-state index is 11.9. The number of aryl methyl sites for hydroxylation is 1. The molecule has 0 aliphatic rings. The summed E-state index contributed by atoms with van der Waals surface area (Å²) >= 11 is 5.96. The minimum Gasteiger partial charge on any atom is -0.508 e. The van der Waals surface area contributed by atoms with Crippen molar-refractivity contribution in [3.05, 3.63) is 52.5 Å². The zero-order valence-electron chi connectivity index (χ0n) is 10.8. The molecule has 2 aromatic rings. The summed E-state index contributed by atoms with van der Waals surface area (Å²) in [6, 6.07) is 9.03. The Hall–Kier alpha value is -2.20. The van der Waals surface area contributed by atoms with Crippen LogP contribution >= 0.6 is 11.6 Å². The predicted molar refractivity (Wildman–Crippen MR) is 75.8 cm³/mol. The van der Waals surface area contributed by atoms with Gasteiger partial charge in [0, 0.05) is 6.07 Å². The Morgan fingerprint density at radius 1 is 1.20 bits per heavy atom. The highest BCUT2D eigenvalue weighted by atomic mass is 35.5. The Labute approximate surface area is 121 Å². The summed E-state index contributed by atoms with van der Waals surface area (Å²) in [6.45, 7) is 1.64. The third-order valence-corrected chi connectivity index (χ3v) is 3.04. The van der Waals surface area contributed by atoms with Crippen LogP contribution in [0, 0.1) is 6.92 Å². The van der Waals surface area contributed by atoms with Crippen LogP contribution in [0.25, 0.3) is 0 Å². The van der Waals surface area contributed by atoms with Gasteiger partial charge in [-0.05, 0) is 36.8 Å². The van der Waals surface area contributed by atoms with Crippen LogP contribution in [0.1, 0.15) is 15.9 Å². The van der Waals surface area contributed by atoms with E-state index in [4.69, 9.17) is 16.3 Å². The minimum atomic E-state index is -0.403. The molecule has 0 unspecified atom stereocenters. The Morgan fingerprint density at radius 3 is 2.65 bits per heavy atom. The normalized spacial score (nSPS) is 10.3. The van der Waals surface area contributed by atoms with Gasteiger partial charge in [-0.1, -0.05) is 17.7 Å². The summed E-state index contributed by atoms with van der Waals surface area (Å²) in [5.74, 6) is -0.381. The molecule has 5 heteroatoms. The molecular formula is C15H13ClO4. The van der Waals surface area contributed by atoms with E-state index in [1.165, 1.54) is 12.1 Å². The lowest BCUT2D eigenvalue weighted by Crippen LogP contribution is -2.12. The van der Waals surface area contributed by atoms with Crippen molar-refractivity contribution in [2.75, 3.05) is 6.61 Å². The second-order valence-electron chi connectivity index (χ2n) is 4.35. The number of carbonyl (C=O) groups is 1. The topological polar surface area (TPSA) is 66.8 Å². The van der Waals surface area contributed by atoms with E-state index in [1.807, 2.05) is 13.0 Å². The molecule has 20 heavy (non-hydrogen) atoms. The summed E-state index contributed by atoms with van der Waals surface area (Å²) in [4.78, 5) is 11.9. The first-order valence-electron chi connectivity index (χ1n) is 5.91. The number of phenolic OH excluding ortho intramolecular Hbond substituents is 2. The minimum absolute atomic E-state index is 0.0894. The molecule has 0 aliphatic carbocycles. The third kappa shape index (κ3) is 3.22. The first kappa shape index (κ1) is 14.2. The van der Waals surface area contributed by atoms with Gasteiger partial charge in [-0.2, -0.15) is 0 Å². The molecule has 0 aliphatic heterocycles. The van der Waals surface area contributed by atoms with Crippen molar-refractivity contribution in [2.45, 2.75) is 6.92 Å². The van der Waals surface area contributed by atoms with Crippen LogP contribution in [0.5, 0.6) is 17.2 Å². The van der Waals surface area contributed by atoms with Crippen LogP contribution in [-0.4, -0.2) is 22.6 Å². The largest absolute Gasteiger partial charge is 0.508 e. The molecule has 0 heterocycles. The van der Waals surface area contributed by atoms with Gasteiger partial charge in [0.2, 0.25) is 5.78 Å². The average molecular weight is 293 g/mol. The molecule has 0 atom stereocenters. The number of carbonyl (C=O) groups excluding carboxylic acids is 1. The van der Waals surface area contributed by atoms with Crippen molar-refractivity contribution in [1.29, 1.82) is 0 Å². The average Bonchev–Trinajstić information content (AvgIpc) is 2.39. The Bertz CT molecular complexity index is 652. The van der Waals surface area contributed by atoms with E-state index >= 15 is 0 Å². The summed E-state index contributed by atoms with van der Waals surface area (Å²) in [5.41, 5.74) is 1.05. The Balaban J connectivity index is 2.10. The summed E-state index contributed by atoms with van der Waals surface area (Å²) in [6.07, 6.45) is 0. The number of hydrogen-bond donors (Lipinski definition) is 2. The van der Waals surface area contributed by atoms with E-state index in [0.717, 1.165) is 11.6 Å². The SMILES string of the molecule is Cc1ccc(Cl)c(OCC(=O)c2ccc(O)cc2O)c1. The Morgan fingerprint density at radius 2 is 1.95 bits per heavy atom. The van der Waals surface area contributed by atoms with Crippen molar-refractivity contribution >= 4 is 17.4 Å². The van der Waals surface area contributed by atoms with Crippen molar-refractivity contribution < 1.29 is 19.7 Å². The maximum absolute atomic E-state index is 11.9. The van der Waals surface area contributed by atoms with Crippen LogP contribution in [0.2, 0.25) is 5.02 Å². The zero-order valence-corrected chi connectivity index (χ0v) is 11.5. The highest BCUT2D eigenvalue weighted by Crippen LogP contribution is 2.26. The number of benzene rings is 2. The lowest BCUT2D eigenvalue weighted by Gasteiger charge is -2.09. The molecular weight excluding hydrogens is 280 g/mol. The fourth-order valence-electron chi connectivity index (χ4n) is 1.70. The molecule has 2 rings (SSSR count). The van der Waals surface area contributed by atoms with E-state index < -0.39 is 5.78 Å². The second kappa shape index (κ2) is 5.84. The van der Waals surface area contributed by atoms with Crippen molar-refractivity contribution in [3.8, 4) is 17.2 Å². The molecule has 104 valence electrons. The molecule has 4 nitrogen and oxygen atoms in total. The molecule has 0 amide bonds. The van der Waals surface area contributed by atoms with Gasteiger partial charge < -0.3 is 14.9 Å². The predicted octanol–water partition coefficient (Wildman–Crippen LogP) is 3.32. The van der Waals surface area contributed by atoms with Crippen molar-refractivity contribution in [2.24, 2.45) is 0 Å². The molecule has 2 aromatic carbocycles. The van der Waals surface area contributed by atoms with Crippen LogP contribution < -0.4 is 4.74 Å². The first-order chi connectivity index (χ1) is 9.47. The summed E-state index contributed by atoms with van der Waals surface area (Å²) in [5, 5.41) is 19.2. The number of hydrogen-bond acceptors (Lipinski definition) is 4. The van der Waals surface area contributed by atoms with E-state index in [1.54, 1.807) is 12.1 Å². The van der Waals surface area contributed by atoms with Gasteiger partial charge in [0.1, 0.15) is 17.2 Å². The third-order valence-electron chi connectivity index (χ3n) is 2.73. The molecule has 0 radical (unpaired) electrons. The number of ketones is 1. The smallest absolute Gasteiger partial charge is 0.203 e. The van der Waals surface area contributed by atoms with E-state index in [9.17, 15) is 15.0 Å². The van der Waals surface area contributed by atoms with E-state index in [0.29, 0.717) is 10.8 Å². The molecule has 0 fully saturated rings. The van der Waals surface area contributed by atoms with Crippen LogP contribution in [0.3, 0.4) is 0 Å². The zero-order chi connectivity index (χ0) is 14.7. The monoisotopic (exact) mass is 292 g/mol. The van der Waals surface area contributed by atoms with Crippen LogP contribution in [0.15, 0.2) is 36.4 Å². The van der Waals surface area contributed by atoms with Gasteiger partial charge in [-0.15, -0.1) is 0 Å². The van der Waals surface area contributed by atoms with Gasteiger partial charge in [0.25, 0.3) is 0 Å².